The van der Waals surface area contributed by atoms with E-state index in [-0.39, 0.29) is 18.2 Å². The van der Waals surface area contributed by atoms with Crippen molar-refractivity contribution in [2.45, 2.75) is 6.92 Å². The van der Waals surface area contributed by atoms with E-state index >= 15 is 0 Å². The van der Waals surface area contributed by atoms with Gasteiger partial charge in [-0.1, -0.05) is 12.1 Å². The zero-order chi connectivity index (χ0) is 23.2. The lowest BCUT2D eigenvalue weighted by Gasteiger charge is -2.12. The van der Waals surface area contributed by atoms with Gasteiger partial charge in [0, 0.05) is 22.4 Å². The molecule has 0 aliphatic heterocycles. The molecular formula is C24H20FN5O3. The maximum atomic E-state index is 13.0. The second kappa shape index (κ2) is 9.73. The number of anilines is 4. The van der Waals surface area contributed by atoms with E-state index in [4.69, 9.17) is 4.74 Å². The molecule has 0 aliphatic rings. The third kappa shape index (κ3) is 5.40. The molecule has 0 atom stereocenters. The Morgan fingerprint density at radius 2 is 1.45 bits per heavy atom. The number of carbonyl (C=O) groups is 2. The average molecular weight is 445 g/mol. The second-order valence-corrected chi connectivity index (χ2v) is 6.92. The van der Waals surface area contributed by atoms with E-state index in [2.05, 4.69) is 25.9 Å². The van der Waals surface area contributed by atoms with Crippen LogP contribution in [0.1, 0.15) is 17.5 Å². The molecule has 0 unspecified atom stereocenters. The molecule has 3 N–H and O–H groups in total. The molecule has 166 valence electrons. The predicted octanol–water partition coefficient (Wildman–Crippen LogP) is 5.33. The summed E-state index contributed by atoms with van der Waals surface area (Å²) in [5.74, 6) is -0.555. The van der Waals surface area contributed by atoms with Gasteiger partial charge >= 0.3 is 12.0 Å². The van der Waals surface area contributed by atoms with Crippen molar-refractivity contribution in [1.29, 1.82) is 0 Å². The molecule has 0 spiro atoms. The van der Waals surface area contributed by atoms with Gasteiger partial charge in [-0.25, -0.2) is 23.9 Å². The van der Waals surface area contributed by atoms with E-state index in [9.17, 15) is 14.0 Å². The number of aromatic nitrogens is 2. The SMILES string of the molecule is CCOC(=O)c1nc(Nc2ccc(NC(=O)Nc3ccc(F)cc3)cc2)c2ccccc2n1. The second-order valence-electron chi connectivity index (χ2n) is 6.92. The van der Waals surface area contributed by atoms with Crippen molar-refractivity contribution in [2.24, 2.45) is 0 Å². The van der Waals surface area contributed by atoms with E-state index in [1.807, 2.05) is 18.2 Å². The monoisotopic (exact) mass is 445 g/mol. The fourth-order valence-electron chi connectivity index (χ4n) is 3.06. The molecule has 8 nitrogen and oxygen atoms in total. The maximum Gasteiger partial charge on any atom is 0.376 e. The van der Waals surface area contributed by atoms with Crippen LogP contribution in [0.25, 0.3) is 10.9 Å². The van der Waals surface area contributed by atoms with Gasteiger partial charge in [-0.3, -0.25) is 0 Å². The number of fused-ring (bicyclic) bond motifs is 1. The highest BCUT2D eigenvalue weighted by Crippen LogP contribution is 2.25. The predicted molar refractivity (Wildman–Crippen MR) is 124 cm³/mol. The van der Waals surface area contributed by atoms with Crippen LogP contribution in [-0.4, -0.2) is 28.6 Å². The van der Waals surface area contributed by atoms with Gasteiger partial charge in [-0.15, -0.1) is 0 Å². The summed E-state index contributed by atoms with van der Waals surface area (Å²) in [6, 6.07) is 19.3. The van der Waals surface area contributed by atoms with E-state index in [0.717, 1.165) is 5.39 Å². The lowest BCUT2D eigenvalue weighted by atomic mass is 10.2. The number of ether oxygens (including phenoxy) is 1. The third-order valence-corrected chi connectivity index (χ3v) is 4.57. The highest BCUT2D eigenvalue weighted by atomic mass is 19.1. The Bertz CT molecular complexity index is 1290. The van der Waals surface area contributed by atoms with Crippen LogP contribution in [0, 0.1) is 5.82 Å². The number of nitrogens with one attached hydrogen (secondary N) is 3. The Labute approximate surface area is 188 Å². The zero-order valence-electron chi connectivity index (χ0n) is 17.6. The molecular weight excluding hydrogens is 425 g/mol. The van der Waals surface area contributed by atoms with Crippen LogP contribution in [0.15, 0.2) is 72.8 Å². The normalized spacial score (nSPS) is 10.5. The Hall–Kier alpha value is -4.53. The van der Waals surface area contributed by atoms with Gasteiger partial charge in [0.25, 0.3) is 0 Å². The van der Waals surface area contributed by atoms with Gasteiger partial charge in [-0.05, 0) is 67.6 Å². The zero-order valence-corrected chi connectivity index (χ0v) is 17.6. The van der Waals surface area contributed by atoms with Gasteiger partial charge in [0.2, 0.25) is 5.82 Å². The first-order chi connectivity index (χ1) is 16.0. The summed E-state index contributed by atoms with van der Waals surface area (Å²) in [4.78, 5) is 32.9. The first kappa shape index (κ1) is 21.7. The molecule has 2 amide bonds. The summed E-state index contributed by atoms with van der Waals surface area (Å²) >= 11 is 0. The van der Waals surface area contributed by atoms with E-state index in [1.165, 1.54) is 24.3 Å². The number of carbonyl (C=O) groups excluding carboxylic acids is 2. The fraction of sp³-hybridized carbons (Fsp3) is 0.0833. The minimum absolute atomic E-state index is 0.0335. The van der Waals surface area contributed by atoms with Crippen molar-refractivity contribution in [3.05, 3.63) is 84.4 Å². The molecule has 1 heterocycles. The van der Waals surface area contributed by atoms with Crippen LogP contribution in [0.2, 0.25) is 0 Å². The summed E-state index contributed by atoms with van der Waals surface area (Å²) in [7, 11) is 0. The average Bonchev–Trinajstić information content (AvgIpc) is 2.82. The van der Waals surface area contributed by atoms with Gasteiger partial charge in [0.1, 0.15) is 11.6 Å². The van der Waals surface area contributed by atoms with Crippen LogP contribution in [0.3, 0.4) is 0 Å². The van der Waals surface area contributed by atoms with Crippen LogP contribution >= 0.6 is 0 Å². The number of hydrogen-bond donors (Lipinski definition) is 3. The standard InChI is InChI=1S/C24H20FN5O3/c1-2-33-23(31)22-29-20-6-4-3-5-19(20)21(30-22)26-16-11-13-18(14-12-16)28-24(32)27-17-9-7-15(25)8-10-17/h3-14H,2H2,1H3,(H,26,29,30)(H2,27,28,32). The summed E-state index contributed by atoms with van der Waals surface area (Å²) in [6.45, 7) is 1.94. The lowest BCUT2D eigenvalue weighted by Crippen LogP contribution is -2.19. The minimum Gasteiger partial charge on any atom is -0.460 e. The molecule has 4 aromatic rings. The molecule has 0 aliphatic carbocycles. The highest BCUT2D eigenvalue weighted by Gasteiger charge is 2.15. The number of amides is 2. The molecule has 3 aromatic carbocycles. The fourth-order valence-corrected chi connectivity index (χ4v) is 3.06. The third-order valence-electron chi connectivity index (χ3n) is 4.57. The first-order valence-electron chi connectivity index (χ1n) is 10.2. The number of rotatable bonds is 6. The number of nitrogens with zero attached hydrogens (tertiary/aromatic N) is 2. The van der Waals surface area contributed by atoms with Gasteiger partial charge in [-0.2, -0.15) is 0 Å². The summed E-state index contributed by atoms with van der Waals surface area (Å²) in [5, 5.41) is 9.26. The van der Waals surface area contributed by atoms with Crippen molar-refractivity contribution in [2.75, 3.05) is 22.6 Å². The van der Waals surface area contributed by atoms with Gasteiger partial charge in [0.05, 0.1) is 12.1 Å². The number of benzene rings is 3. The molecule has 33 heavy (non-hydrogen) atoms. The Kier molecular flexibility index (Phi) is 6.40. The first-order valence-corrected chi connectivity index (χ1v) is 10.2. The molecule has 0 saturated carbocycles. The Morgan fingerprint density at radius 1 is 0.848 bits per heavy atom. The highest BCUT2D eigenvalue weighted by molar-refractivity contribution is 6.00. The summed E-state index contributed by atoms with van der Waals surface area (Å²) in [5.41, 5.74) is 2.33. The van der Waals surface area contributed by atoms with Crippen molar-refractivity contribution in [1.82, 2.24) is 9.97 Å². The molecule has 1 aromatic heterocycles. The van der Waals surface area contributed by atoms with Crippen LogP contribution < -0.4 is 16.0 Å². The molecule has 0 saturated heterocycles. The summed E-state index contributed by atoms with van der Waals surface area (Å²) in [6.07, 6.45) is 0. The number of hydrogen-bond acceptors (Lipinski definition) is 6. The Balaban J connectivity index is 1.49. The quantitative estimate of drug-likeness (QED) is 0.346. The number of urea groups is 1. The minimum atomic E-state index is -0.599. The van der Waals surface area contributed by atoms with E-state index < -0.39 is 12.0 Å². The van der Waals surface area contributed by atoms with Crippen LogP contribution in [-0.2, 0) is 4.74 Å². The Morgan fingerprint density at radius 3 is 2.12 bits per heavy atom. The van der Waals surface area contributed by atoms with Crippen molar-refractivity contribution < 1.29 is 18.7 Å². The van der Waals surface area contributed by atoms with Gasteiger partial charge < -0.3 is 20.7 Å². The molecule has 4 rings (SSSR count). The number of para-hydroxylation sites is 1. The van der Waals surface area contributed by atoms with Crippen LogP contribution in [0.4, 0.5) is 32.1 Å². The molecule has 9 heteroatoms. The lowest BCUT2D eigenvalue weighted by molar-refractivity contribution is 0.0512. The van der Waals surface area contributed by atoms with Crippen molar-refractivity contribution in [3.8, 4) is 0 Å². The number of esters is 1. The topological polar surface area (TPSA) is 105 Å². The molecule has 0 fully saturated rings. The largest absolute Gasteiger partial charge is 0.460 e. The number of halogens is 1. The molecule has 0 radical (unpaired) electrons. The van der Waals surface area contributed by atoms with E-state index in [0.29, 0.717) is 28.4 Å². The smallest absolute Gasteiger partial charge is 0.376 e. The van der Waals surface area contributed by atoms with Crippen molar-refractivity contribution >= 4 is 45.8 Å². The van der Waals surface area contributed by atoms with Gasteiger partial charge in [0.15, 0.2) is 0 Å². The van der Waals surface area contributed by atoms with Crippen LogP contribution in [0.5, 0.6) is 0 Å². The maximum absolute atomic E-state index is 13.0. The van der Waals surface area contributed by atoms with Crippen molar-refractivity contribution in [3.63, 3.8) is 0 Å². The summed E-state index contributed by atoms with van der Waals surface area (Å²) < 4.78 is 18.0. The van der Waals surface area contributed by atoms with E-state index in [1.54, 1.807) is 37.3 Å². The molecule has 0 bridgehead atoms.